The Morgan fingerprint density at radius 3 is 2.60 bits per heavy atom. The summed E-state index contributed by atoms with van der Waals surface area (Å²) < 4.78 is 43.3. The van der Waals surface area contributed by atoms with E-state index in [4.69, 9.17) is 4.74 Å². The van der Waals surface area contributed by atoms with E-state index in [9.17, 15) is 28.1 Å². The molecule has 0 saturated heterocycles. The minimum absolute atomic E-state index is 0.119. The fourth-order valence-electron chi connectivity index (χ4n) is 2.40. The molecule has 0 spiro atoms. The van der Waals surface area contributed by atoms with Crippen LogP contribution in [0, 0.1) is 10.1 Å². The van der Waals surface area contributed by atoms with E-state index in [0.717, 1.165) is 12.1 Å². The number of nitro benzene ring substituents is 1. The summed E-state index contributed by atoms with van der Waals surface area (Å²) >= 11 is 0. The summed E-state index contributed by atoms with van der Waals surface area (Å²) in [7, 11) is 0. The van der Waals surface area contributed by atoms with Crippen molar-refractivity contribution in [3.63, 3.8) is 0 Å². The van der Waals surface area contributed by atoms with Gasteiger partial charge in [0, 0.05) is 17.3 Å². The Hall–Kier alpha value is -3.63. The number of ether oxygens (including phenoxy) is 1. The second-order valence-corrected chi connectivity index (χ2v) is 6.04. The lowest BCUT2D eigenvalue weighted by Gasteiger charge is -2.10. The first-order chi connectivity index (χ1) is 14.1. The van der Waals surface area contributed by atoms with Gasteiger partial charge in [-0.3, -0.25) is 14.9 Å². The van der Waals surface area contributed by atoms with Crippen molar-refractivity contribution in [2.24, 2.45) is 5.10 Å². The van der Waals surface area contributed by atoms with Gasteiger partial charge in [0.25, 0.3) is 5.91 Å². The zero-order valence-electron chi connectivity index (χ0n) is 16.1. The van der Waals surface area contributed by atoms with E-state index in [-0.39, 0.29) is 30.3 Å². The number of hydrogen-bond donors (Lipinski definition) is 2. The van der Waals surface area contributed by atoms with Gasteiger partial charge in [-0.15, -0.1) is 0 Å². The Morgan fingerprint density at radius 2 is 1.97 bits per heavy atom. The van der Waals surface area contributed by atoms with Crippen molar-refractivity contribution in [3.8, 4) is 5.75 Å². The number of amides is 1. The van der Waals surface area contributed by atoms with Crippen LogP contribution in [0.5, 0.6) is 5.75 Å². The number of anilines is 1. The van der Waals surface area contributed by atoms with Gasteiger partial charge in [0.2, 0.25) is 0 Å². The largest absolute Gasteiger partial charge is 0.487 e. The average molecular weight is 424 g/mol. The van der Waals surface area contributed by atoms with Crippen molar-refractivity contribution >= 4 is 23.0 Å². The number of hydrazone groups is 1. The summed E-state index contributed by atoms with van der Waals surface area (Å²) in [5.74, 6) is -0.486. The normalized spacial score (nSPS) is 11.7. The molecule has 8 nitrogen and oxygen atoms in total. The molecule has 2 aromatic carbocycles. The highest BCUT2D eigenvalue weighted by Crippen LogP contribution is 2.30. The highest BCUT2D eigenvalue weighted by molar-refractivity contribution is 6.00. The van der Waals surface area contributed by atoms with Crippen molar-refractivity contribution in [1.29, 1.82) is 0 Å². The lowest BCUT2D eigenvalue weighted by molar-refractivity contribution is -0.385. The number of benzene rings is 2. The molecule has 2 aromatic rings. The zero-order chi connectivity index (χ0) is 22.3. The maximum atomic E-state index is 12.7. The van der Waals surface area contributed by atoms with Crippen LogP contribution in [0.1, 0.15) is 25.0 Å². The van der Waals surface area contributed by atoms with Crippen molar-refractivity contribution in [1.82, 2.24) is 5.43 Å². The molecule has 0 aliphatic carbocycles. The first kappa shape index (κ1) is 22.7. The van der Waals surface area contributed by atoms with Crippen molar-refractivity contribution in [2.75, 3.05) is 18.5 Å². The van der Waals surface area contributed by atoms with Crippen LogP contribution in [-0.2, 0) is 11.0 Å². The molecule has 2 N–H and O–H groups in total. The second-order valence-electron chi connectivity index (χ2n) is 6.04. The number of rotatable bonds is 8. The van der Waals surface area contributed by atoms with Crippen LogP contribution in [0.3, 0.4) is 0 Å². The van der Waals surface area contributed by atoms with E-state index >= 15 is 0 Å². The topological polar surface area (TPSA) is 106 Å². The van der Waals surface area contributed by atoms with Crippen LogP contribution < -0.4 is 15.5 Å². The average Bonchev–Trinajstić information content (AvgIpc) is 2.70. The highest BCUT2D eigenvalue weighted by Gasteiger charge is 2.30. The summed E-state index contributed by atoms with van der Waals surface area (Å²) in [6.07, 6.45) is -4.48. The van der Waals surface area contributed by atoms with Crippen LogP contribution in [0.2, 0.25) is 0 Å². The van der Waals surface area contributed by atoms with E-state index in [0.29, 0.717) is 11.3 Å². The standard InChI is InChI=1S/C19H19F3N4O4/c1-3-30-17-8-7-13(9-16(17)26(28)29)12(2)24-25-18(27)11-23-15-6-4-5-14(10-15)19(20,21)22/h4-10,23H,3,11H2,1-2H3,(H,25,27)/b24-12-. The van der Waals surface area contributed by atoms with Gasteiger partial charge in [0.1, 0.15) is 0 Å². The molecule has 1 amide bonds. The van der Waals surface area contributed by atoms with Crippen LogP contribution in [-0.4, -0.2) is 29.7 Å². The van der Waals surface area contributed by atoms with Crippen LogP contribution in [0.15, 0.2) is 47.6 Å². The summed E-state index contributed by atoms with van der Waals surface area (Å²) in [6.45, 7) is 3.19. The lowest BCUT2D eigenvalue weighted by Crippen LogP contribution is -2.26. The maximum absolute atomic E-state index is 12.7. The molecule has 30 heavy (non-hydrogen) atoms. The Bertz CT molecular complexity index is 961. The van der Waals surface area contributed by atoms with Gasteiger partial charge in [0.05, 0.1) is 29.4 Å². The van der Waals surface area contributed by atoms with Gasteiger partial charge in [-0.1, -0.05) is 6.07 Å². The highest BCUT2D eigenvalue weighted by atomic mass is 19.4. The van der Waals surface area contributed by atoms with Gasteiger partial charge in [-0.05, 0) is 44.2 Å². The number of carbonyl (C=O) groups is 1. The van der Waals surface area contributed by atoms with Gasteiger partial charge in [0.15, 0.2) is 5.75 Å². The van der Waals surface area contributed by atoms with E-state index < -0.39 is 22.6 Å². The first-order valence-electron chi connectivity index (χ1n) is 8.77. The monoisotopic (exact) mass is 424 g/mol. The fourth-order valence-corrected chi connectivity index (χ4v) is 2.40. The maximum Gasteiger partial charge on any atom is 0.416 e. The van der Waals surface area contributed by atoms with Crippen molar-refractivity contribution in [3.05, 3.63) is 63.7 Å². The summed E-state index contributed by atoms with van der Waals surface area (Å²) in [4.78, 5) is 22.5. The molecule has 11 heteroatoms. The summed E-state index contributed by atoms with van der Waals surface area (Å²) in [5.41, 5.74) is 2.01. The van der Waals surface area contributed by atoms with Crippen molar-refractivity contribution in [2.45, 2.75) is 20.0 Å². The number of carbonyl (C=O) groups excluding carboxylic acids is 1. The first-order valence-corrected chi connectivity index (χ1v) is 8.77. The summed E-state index contributed by atoms with van der Waals surface area (Å²) in [6, 6.07) is 8.71. The Morgan fingerprint density at radius 1 is 1.23 bits per heavy atom. The van der Waals surface area contributed by atoms with E-state index in [1.54, 1.807) is 19.9 Å². The molecule has 0 aliphatic rings. The molecule has 0 aliphatic heterocycles. The molecule has 0 radical (unpaired) electrons. The predicted octanol–water partition coefficient (Wildman–Crippen LogP) is 3.96. The van der Waals surface area contributed by atoms with Crippen LogP contribution in [0.25, 0.3) is 0 Å². The van der Waals surface area contributed by atoms with Crippen LogP contribution >= 0.6 is 0 Å². The smallest absolute Gasteiger partial charge is 0.416 e. The molecule has 0 fully saturated rings. The quantitative estimate of drug-likeness (QED) is 0.379. The molecular weight excluding hydrogens is 405 g/mol. The summed E-state index contributed by atoms with van der Waals surface area (Å²) in [5, 5.41) is 17.6. The third-order valence-electron chi connectivity index (χ3n) is 3.86. The van der Waals surface area contributed by atoms with Crippen molar-refractivity contribution < 1.29 is 27.6 Å². The molecule has 0 heterocycles. The SMILES string of the molecule is CCOc1ccc(/C(C)=N\NC(=O)CNc2cccc(C(F)(F)F)c2)cc1[N+](=O)[O-]. The molecule has 160 valence electrons. The number of nitrogens with one attached hydrogen (secondary N) is 2. The molecule has 0 unspecified atom stereocenters. The van der Waals surface area contributed by atoms with E-state index in [1.165, 1.54) is 24.3 Å². The van der Waals surface area contributed by atoms with Gasteiger partial charge in [-0.25, -0.2) is 5.43 Å². The molecular formula is C19H19F3N4O4. The number of hydrogen-bond acceptors (Lipinski definition) is 6. The molecule has 0 aromatic heterocycles. The number of nitro groups is 1. The molecule has 0 saturated carbocycles. The Balaban J connectivity index is 2.01. The Kier molecular flexibility index (Phi) is 7.34. The Labute approximate surface area is 169 Å². The lowest BCUT2D eigenvalue weighted by atomic mass is 10.1. The van der Waals surface area contributed by atoms with E-state index in [2.05, 4.69) is 15.8 Å². The van der Waals surface area contributed by atoms with Gasteiger partial charge in [-0.2, -0.15) is 18.3 Å². The van der Waals surface area contributed by atoms with Gasteiger partial charge < -0.3 is 10.1 Å². The fraction of sp³-hybridized carbons (Fsp3) is 0.263. The molecule has 0 bridgehead atoms. The second kappa shape index (κ2) is 9.72. The number of halogens is 3. The minimum atomic E-state index is -4.48. The number of nitrogens with zero attached hydrogens (tertiary/aromatic N) is 2. The third kappa shape index (κ3) is 6.19. The minimum Gasteiger partial charge on any atom is -0.487 e. The van der Waals surface area contributed by atoms with Gasteiger partial charge >= 0.3 is 11.9 Å². The molecule has 2 rings (SSSR count). The predicted molar refractivity (Wildman–Crippen MR) is 105 cm³/mol. The zero-order valence-corrected chi connectivity index (χ0v) is 16.1. The molecule has 0 atom stereocenters. The van der Waals surface area contributed by atoms with E-state index in [1.807, 2.05) is 0 Å². The number of alkyl halides is 3. The van der Waals surface area contributed by atoms with Crippen LogP contribution in [0.4, 0.5) is 24.5 Å². The third-order valence-corrected chi connectivity index (χ3v) is 3.86.